The van der Waals surface area contributed by atoms with Crippen molar-refractivity contribution in [3.8, 4) is 5.75 Å². The molecule has 10 nitrogen and oxygen atoms in total. The second-order valence-electron chi connectivity index (χ2n) is 15.5. The number of hydrogen-bond donors (Lipinski definition) is 4. The average molecular weight is 687 g/mol. The van der Waals surface area contributed by atoms with E-state index in [9.17, 15) is 19.5 Å². The standard InChI is InChI=1S/C37H58N4O6S/c1-24-9-13-37-14-10-29(42)33(37)36(24,4)30(47-32(44)22-48-28-11-16-41(17-12-28)31(43)20-39)19-35(3,34(45)25(37)2)23-40-21-26-5-7-27(8-6-26)46-18-15-38/h5-8,24-25,28,30,33-34,40,45H,9-23,38-39H2,1-4H3/t24-,25+,30-,33+,34+,35-,36+,37+/m1/s1. The van der Waals surface area contributed by atoms with Crippen molar-refractivity contribution < 1.29 is 29.0 Å². The lowest BCUT2D eigenvalue weighted by Crippen LogP contribution is -2.64. The molecule has 1 saturated heterocycles. The van der Waals surface area contributed by atoms with Crippen LogP contribution < -0.4 is 21.5 Å². The van der Waals surface area contributed by atoms with Crippen molar-refractivity contribution in [3.63, 3.8) is 0 Å². The number of ether oxygens (including phenoxy) is 2. The molecular formula is C37H58N4O6S. The zero-order valence-electron chi connectivity index (χ0n) is 29.4. The van der Waals surface area contributed by atoms with E-state index >= 15 is 0 Å². The molecule has 8 atom stereocenters. The minimum atomic E-state index is -0.680. The van der Waals surface area contributed by atoms with Crippen LogP contribution in [0.15, 0.2) is 24.3 Å². The van der Waals surface area contributed by atoms with E-state index < -0.39 is 23.0 Å². The molecule has 0 radical (unpaired) electrons. The van der Waals surface area contributed by atoms with E-state index in [-0.39, 0.29) is 58.4 Å². The van der Waals surface area contributed by atoms with Crippen LogP contribution in [0.25, 0.3) is 0 Å². The molecule has 2 bridgehead atoms. The zero-order valence-corrected chi connectivity index (χ0v) is 30.2. The van der Waals surface area contributed by atoms with Crippen molar-refractivity contribution in [3.05, 3.63) is 29.8 Å². The van der Waals surface area contributed by atoms with Crippen LogP contribution in [0.3, 0.4) is 0 Å². The highest BCUT2D eigenvalue weighted by Gasteiger charge is 2.68. The van der Waals surface area contributed by atoms with Crippen LogP contribution in [0.2, 0.25) is 0 Å². The number of rotatable bonds is 12. The predicted molar refractivity (Wildman–Crippen MR) is 188 cm³/mol. The fraction of sp³-hybridized carbons (Fsp3) is 0.757. The molecule has 0 spiro atoms. The summed E-state index contributed by atoms with van der Waals surface area (Å²) >= 11 is 1.60. The van der Waals surface area contributed by atoms with Gasteiger partial charge < -0.3 is 36.3 Å². The molecule has 1 aliphatic heterocycles. The number of esters is 1. The Morgan fingerprint density at radius 3 is 2.46 bits per heavy atom. The summed E-state index contributed by atoms with van der Waals surface area (Å²) in [5.74, 6) is 0.834. The number of piperidine rings is 1. The molecule has 6 N–H and O–H groups in total. The topological polar surface area (TPSA) is 157 Å². The molecule has 5 rings (SSSR count). The van der Waals surface area contributed by atoms with Gasteiger partial charge in [-0.15, -0.1) is 11.8 Å². The number of carbonyl (C=O) groups excluding carboxylic acids is 3. The highest BCUT2D eigenvalue weighted by atomic mass is 32.2. The van der Waals surface area contributed by atoms with Crippen molar-refractivity contribution in [1.29, 1.82) is 0 Å². The number of likely N-dealkylation sites (tertiary alicyclic amines) is 1. The number of aliphatic hydroxyl groups excluding tert-OH is 1. The summed E-state index contributed by atoms with van der Waals surface area (Å²) in [5.41, 5.74) is 10.8. The Bertz CT molecular complexity index is 1290. The van der Waals surface area contributed by atoms with Gasteiger partial charge in [0.05, 0.1) is 18.4 Å². The third-order valence-corrected chi connectivity index (χ3v) is 14.1. The molecule has 3 saturated carbocycles. The van der Waals surface area contributed by atoms with E-state index in [2.05, 4.69) is 33.0 Å². The van der Waals surface area contributed by atoms with Crippen LogP contribution in [-0.4, -0.2) is 90.2 Å². The molecule has 1 amide bonds. The maximum absolute atomic E-state index is 13.8. The van der Waals surface area contributed by atoms with Gasteiger partial charge >= 0.3 is 5.97 Å². The molecule has 1 heterocycles. The van der Waals surface area contributed by atoms with Crippen LogP contribution in [0, 0.1) is 34.0 Å². The minimum Gasteiger partial charge on any atom is -0.492 e. The number of aliphatic hydroxyl groups is 1. The monoisotopic (exact) mass is 686 g/mol. The largest absolute Gasteiger partial charge is 0.492 e. The van der Waals surface area contributed by atoms with Crippen molar-refractivity contribution in [2.45, 2.75) is 96.6 Å². The first kappa shape index (κ1) is 37.1. The van der Waals surface area contributed by atoms with Gasteiger partial charge in [0.15, 0.2) is 0 Å². The first-order valence-corrected chi connectivity index (χ1v) is 19.0. The van der Waals surface area contributed by atoms with Crippen LogP contribution in [0.1, 0.15) is 78.2 Å². The van der Waals surface area contributed by atoms with E-state index in [1.54, 1.807) is 16.7 Å². The van der Waals surface area contributed by atoms with E-state index in [1.165, 1.54) is 0 Å². The first-order chi connectivity index (χ1) is 22.9. The van der Waals surface area contributed by atoms with Gasteiger partial charge in [0.25, 0.3) is 0 Å². The van der Waals surface area contributed by atoms with E-state index in [0.29, 0.717) is 52.2 Å². The van der Waals surface area contributed by atoms with Crippen LogP contribution in [0.4, 0.5) is 0 Å². The van der Waals surface area contributed by atoms with Gasteiger partial charge in [0.1, 0.15) is 24.2 Å². The van der Waals surface area contributed by atoms with Crippen molar-refractivity contribution in [2.75, 3.05) is 45.1 Å². The van der Waals surface area contributed by atoms with Crippen molar-refractivity contribution >= 4 is 29.4 Å². The number of nitrogens with one attached hydrogen (secondary N) is 1. The molecule has 0 unspecified atom stereocenters. The molecule has 3 aliphatic carbocycles. The summed E-state index contributed by atoms with van der Waals surface area (Å²) in [6.45, 7) is 12.1. The molecule has 4 aliphatic rings. The SMILES string of the molecule is C[C@@H]1CC[C@@]23CCC(=O)[C@H]2[C@]1(C)[C@H](OC(=O)CSC1CCN(C(=O)CN)CC1)C[C@](C)(CNCc1ccc(OCCN)cc1)[C@@H](O)[C@@H]3C. The Morgan fingerprint density at radius 2 is 1.79 bits per heavy atom. The summed E-state index contributed by atoms with van der Waals surface area (Å²) in [6.07, 6.45) is 4.06. The molecule has 11 heteroatoms. The van der Waals surface area contributed by atoms with Gasteiger partial charge in [0, 0.05) is 61.1 Å². The van der Waals surface area contributed by atoms with Gasteiger partial charge in [-0.25, -0.2) is 0 Å². The predicted octanol–water partition coefficient (Wildman–Crippen LogP) is 3.52. The van der Waals surface area contributed by atoms with E-state index in [4.69, 9.17) is 20.9 Å². The van der Waals surface area contributed by atoms with Gasteiger partial charge in [0.2, 0.25) is 5.91 Å². The van der Waals surface area contributed by atoms with Crippen molar-refractivity contribution in [1.82, 2.24) is 10.2 Å². The molecule has 48 heavy (non-hydrogen) atoms. The minimum absolute atomic E-state index is 0.0214. The van der Waals surface area contributed by atoms with Gasteiger partial charge in [-0.05, 0) is 73.5 Å². The van der Waals surface area contributed by atoms with Crippen molar-refractivity contribution in [2.24, 2.45) is 45.5 Å². The number of Topliss-reactive ketones (excluding diaryl/α,β-unsaturated/α-hetero) is 1. The Balaban J connectivity index is 1.34. The van der Waals surface area contributed by atoms with Gasteiger partial charge in [-0.3, -0.25) is 14.4 Å². The lowest BCUT2D eigenvalue weighted by Gasteiger charge is -2.62. The summed E-state index contributed by atoms with van der Waals surface area (Å²) in [5, 5.41) is 16.1. The molecule has 1 aromatic rings. The highest BCUT2D eigenvalue weighted by Crippen LogP contribution is 2.67. The zero-order chi connectivity index (χ0) is 34.7. The summed E-state index contributed by atoms with van der Waals surface area (Å²) in [4.78, 5) is 41.3. The molecule has 1 aromatic carbocycles. The summed E-state index contributed by atoms with van der Waals surface area (Å²) in [7, 11) is 0. The lowest BCUT2D eigenvalue weighted by molar-refractivity contribution is -0.210. The molecule has 4 fully saturated rings. The maximum Gasteiger partial charge on any atom is 0.316 e. The number of nitrogens with zero attached hydrogens (tertiary/aromatic N) is 1. The number of hydrogen-bond acceptors (Lipinski definition) is 10. The molecule has 0 aromatic heterocycles. The number of benzene rings is 1. The van der Waals surface area contributed by atoms with Gasteiger partial charge in [-0.1, -0.05) is 39.8 Å². The number of thioether (sulfide) groups is 1. The van der Waals surface area contributed by atoms with E-state index in [0.717, 1.165) is 43.4 Å². The molecular weight excluding hydrogens is 628 g/mol. The second-order valence-corrected chi connectivity index (χ2v) is 16.8. The quantitative estimate of drug-likeness (QED) is 0.240. The smallest absolute Gasteiger partial charge is 0.316 e. The Hall–Kier alpha value is -2.18. The first-order valence-electron chi connectivity index (χ1n) is 18.0. The lowest BCUT2D eigenvalue weighted by atomic mass is 9.44. The fourth-order valence-electron chi connectivity index (χ4n) is 9.68. The van der Waals surface area contributed by atoms with E-state index in [1.807, 2.05) is 24.3 Å². The van der Waals surface area contributed by atoms with Gasteiger partial charge in [-0.2, -0.15) is 0 Å². The maximum atomic E-state index is 13.8. The fourth-order valence-corrected chi connectivity index (χ4v) is 10.7. The third kappa shape index (κ3) is 7.31. The van der Waals surface area contributed by atoms with Crippen LogP contribution in [-0.2, 0) is 25.7 Å². The Labute approximate surface area is 290 Å². The number of nitrogens with two attached hydrogens (primary N) is 2. The summed E-state index contributed by atoms with van der Waals surface area (Å²) in [6, 6.07) is 7.94. The normalized spacial score (nSPS) is 35.4. The third-order valence-electron chi connectivity index (χ3n) is 12.7. The Kier molecular flexibility index (Phi) is 11.9. The van der Waals surface area contributed by atoms with Crippen LogP contribution >= 0.6 is 11.8 Å². The summed E-state index contributed by atoms with van der Waals surface area (Å²) < 4.78 is 12.2. The Morgan fingerprint density at radius 1 is 1.08 bits per heavy atom. The number of ketones is 1. The van der Waals surface area contributed by atoms with Crippen LogP contribution in [0.5, 0.6) is 5.75 Å². The second kappa shape index (κ2) is 15.4. The highest BCUT2D eigenvalue weighted by molar-refractivity contribution is 8.00. The molecule has 268 valence electrons. The number of amides is 1. The average Bonchev–Trinajstić information content (AvgIpc) is 3.45. The number of carbonyl (C=O) groups is 3.